The van der Waals surface area contributed by atoms with Gasteiger partial charge >= 0.3 is 5.97 Å². The SMILES string of the molecule is CC(C)CC(NC(C)c1cncn1Oc1ccc([N+](=O)[O-])cc1)C(=O)O. The van der Waals surface area contributed by atoms with E-state index >= 15 is 0 Å². The van der Waals surface area contributed by atoms with Crippen molar-refractivity contribution in [3.63, 3.8) is 0 Å². The van der Waals surface area contributed by atoms with E-state index in [1.807, 2.05) is 20.8 Å². The third-order valence-electron chi connectivity index (χ3n) is 3.78. The number of hydrogen-bond acceptors (Lipinski definition) is 6. The number of benzene rings is 1. The highest BCUT2D eigenvalue weighted by Crippen LogP contribution is 2.20. The van der Waals surface area contributed by atoms with E-state index in [9.17, 15) is 20.0 Å². The number of hydrogen-bond donors (Lipinski definition) is 2. The van der Waals surface area contributed by atoms with Gasteiger partial charge in [0.25, 0.3) is 5.69 Å². The number of non-ortho nitro benzene ring substituents is 1. The molecule has 2 atom stereocenters. The van der Waals surface area contributed by atoms with Gasteiger partial charge in [-0.2, -0.15) is 4.73 Å². The molecule has 0 saturated carbocycles. The molecule has 0 aliphatic carbocycles. The van der Waals surface area contributed by atoms with Crippen LogP contribution in [0.3, 0.4) is 0 Å². The maximum atomic E-state index is 11.4. The fourth-order valence-corrected chi connectivity index (χ4v) is 2.51. The van der Waals surface area contributed by atoms with Crippen LogP contribution in [0.2, 0.25) is 0 Å². The van der Waals surface area contributed by atoms with Gasteiger partial charge in [-0.05, 0) is 31.4 Å². The molecule has 26 heavy (non-hydrogen) atoms. The zero-order valence-corrected chi connectivity index (χ0v) is 14.8. The molecule has 2 N–H and O–H groups in total. The van der Waals surface area contributed by atoms with Gasteiger partial charge in [-0.15, -0.1) is 0 Å². The van der Waals surface area contributed by atoms with Gasteiger partial charge in [0.1, 0.15) is 12.4 Å². The molecule has 1 aromatic heterocycles. The topological polar surface area (TPSA) is 120 Å². The molecule has 2 rings (SSSR count). The van der Waals surface area contributed by atoms with Gasteiger partial charge < -0.3 is 9.94 Å². The number of carboxylic acid groups (broad SMARTS) is 1. The van der Waals surface area contributed by atoms with E-state index < -0.39 is 16.9 Å². The monoisotopic (exact) mass is 362 g/mol. The summed E-state index contributed by atoms with van der Waals surface area (Å²) in [5, 5.41) is 23.1. The summed E-state index contributed by atoms with van der Waals surface area (Å²) in [7, 11) is 0. The van der Waals surface area contributed by atoms with Crippen molar-refractivity contribution in [2.45, 2.75) is 39.3 Å². The van der Waals surface area contributed by atoms with Gasteiger partial charge in [-0.1, -0.05) is 13.8 Å². The first kappa shape index (κ1) is 19.4. The molecule has 2 unspecified atom stereocenters. The molecular weight excluding hydrogens is 340 g/mol. The second-order valence-corrected chi connectivity index (χ2v) is 6.40. The summed E-state index contributed by atoms with van der Waals surface area (Å²) in [5.41, 5.74) is 0.606. The second kappa shape index (κ2) is 8.43. The third kappa shape index (κ3) is 5.03. The number of nitrogens with zero attached hydrogens (tertiary/aromatic N) is 3. The summed E-state index contributed by atoms with van der Waals surface area (Å²) in [6.45, 7) is 5.75. The number of imidazole rings is 1. The number of rotatable bonds is 9. The van der Waals surface area contributed by atoms with Crippen LogP contribution >= 0.6 is 0 Å². The number of nitro benzene ring substituents is 1. The van der Waals surface area contributed by atoms with Crippen LogP contribution < -0.4 is 10.2 Å². The average molecular weight is 362 g/mol. The van der Waals surface area contributed by atoms with E-state index in [1.54, 1.807) is 6.20 Å². The normalized spacial score (nSPS) is 13.4. The predicted octanol–water partition coefficient (Wildman–Crippen LogP) is 2.78. The Bertz CT molecular complexity index is 757. The smallest absolute Gasteiger partial charge is 0.320 e. The summed E-state index contributed by atoms with van der Waals surface area (Å²) in [5.74, 6) is -0.274. The molecule has 0 amide bonds. The van der Waals surface area contributed by atoms with Gasteiger partial charge in [-0.25, -0.2) is 4.98 Å². The number of carboxylic acids is 1. The Morgan fingerprint density at radius 1 is 1.35 bits per heavy atom. The third-order valence-corrected chi connectivity index (χ3v) is 3.78. The zero-order chi connectivity index (χ0) is 19.3. The lowest BCUT2D eigenvalue weighted by Gasteiger charge is -2.22. The molecule has 1 aromatic carbocycles. The first-order chi connectivity index (χ1) is 12.3. The van der Waals surface area contributed by atoms with Crippen molar-refractivity contribution in [2.75, 3.05) is 0 Å². The van der Waals surface area contributed by atoms with Crippen LogP contribution in [0.25, 0.3) is 0 Å². The Morgan fingerprint density at radius 2 is 2.00 bits per heavy atom. The van der Waals surface area contributed by atoms with Gasteiger partial charge in [0, 0.05) is 12.1 Å². The van der Waals surface area contributed by atoms with Crippen LogP contribution in [0.4, 0.5) is 5.69 Å². The largest absolute Gasteiger partial charge is 0.480 e. The number of aromatic nitrogens is 2. The summed E-state index contributed by atoms with van der Waals surface area (Å²) >= 11 is 0. The van der Waals surface area contributed by atoms with Crippen LogP contribution in [0.5, 0.6) is 5.75 Å². The predicted molar refractivity (Wildman–Crippen MR) is 93.8 cm³/mol. The molecule has 0 fully saturated rings. The van der Waals surface area contributed by atoms with Crippen molar-refractivity contribution < 1.29 is 19.7 Å². The molecule has 140 valence electrons. The lowest BCUT2D eigenvalue weighted by atomic mass is 10.0. The Kier molecular flexibility index (Phi) is 6.29. The number of aliphatic carboxylic acids is 1. The van der Waals surface area contributed by atoms with Gasteiger partial charge in [0.2, 0.25) is 0 Å². The highest BCUT2D eigenvalue weighted by Gasteiger charge is 2.23. The number of nitro groups is 1. The second-order valence-electron chi connectivity index (χ2n) is 6.40. The summed E-state index contributed by atoms with van der Waals surface area (Å²) < 4.78 is 1.41. The minimum absolute atomic E-state index is 0.0313. The van der Waals surface area contributed by atoms with Crippen LogP contribution in [-0.4, -0.2) is 31.8 Å². The maximum absolute atomic E-state index is 11.4. The van der Waals surface area contributed by atoms with Gasteiger partial charge in [-0.3, -0.25) is 20.2 Å². The quantitative estimate of drug-likeness (QED) is 0.520. The Labute approximate surface area is 150 Å². The highest BCUT2D eigenvalue weighted by atomic mass is 16.7. The van der Waals surface area contributed by atoms with E-state index in [-0.39, 0.29) is 17.6 Å². The molecule has 0 radical (unpaired) electrons. The molecule has 0 aliphatic rings. The molecule has 0 aliphatic heterocycles. The Morgan fingerprint density at radius 3 is 2.54 bits per heavy atom. The van der Waals surface area contributed by atoms with Crippen molar-refractivity contribution in [3.05, 3.63) is 52.6 Å². The van der Waals surface area contributed by atoms with E-state index in [0.717, 1.165) is 0 Å². The number of nitrogens with one attached hydrogen (secondary N) is 1. The average Bonchev–Trinajstić information content (AvgIpc) is 3.02. The molecule has 9 nitrogen and oxygen atoms in total. The van der Waals surface area contributed by atoms with Crippen LogP contribution in [0.15, 0.2) is 36.8 Å². The molecule has 9 heteroatoms. The first-order valence-electron chi connectivity index (χ1n) is 8.21. The minimum Gasteiger partial charge on any atom is -0.480 e. The summed E-state index contributed by atoms with van der Waals surface area (Å²) in [4.78, 5) is 31.4. The lowest BCUT2D eigenvalue weighted by molar-refractivity contribution is -0.384. The van der Waals surface area contributed by atoms with Crippen molar-refractivity contribution >= 4 is 11.7 Å². The zero-order valence-electron chi connectivity index (χ0n) is 14.8. The molecule has 0 bridgehead atoms. The minimum atomic E-state index is -0.909. The van der Waals surface area contributed by atoms with E-state index in [4.69, 9.17) is 4.84 Å². The maximum Gasteiger partial charge on any atom is 0.320 e. The Balaban J connectivity index is 2.11. The van der Waals surface area contributed by atoms with E-state index in [1.165, 1.54) is 35.3 Å². The molecule has 0 spiro atoms. The summed E-state index contributed by atoms with van der Waals surface area (Å²) in [6, 6.07) is 4.65. The first-order valence-corrected chi connectivity index (χ1v) is 8.21. The van der Waals surface area contributed by atoms with Gasteiger partial charge in [0.15, 0.2) is 5.75 Å². The van der Waals surface area contributed by atoms with Crippen LogP contribution in [-0.2, 0) is 4.79 Å². The van der Waals surface area contributed by atoms with Crippen molar-refractivity contribution in [1.82, 2.24) is 15.0 Å². The molecule has 1 heterocycles. The number of carbonyl (C=O) groups is 1. The Hall–Kier alpha value is -2.94. The fourth-order valence-electron chi connectivity index (χ4n) is 2.51. The van der Waals surface area contributed by atoms with Crippen molar-refractivity contribution in [2.24, 2.45) is 5.92 Å². The van der Waals surface area contributed by atoms with E-state index in [0.29, 0.717) is 17.9 Å². The fraction of sp³-hybridized carbons (Fsp3) is 0.412. The summed E-state index contributed by atoms with van der Waals surface area (Å²) in [6.07, 6.45) is 3.53. The lowest BCUT2D eigenvalue weighted by Crippen LogP contribution is -2.40. The van der Waals surface area contributed by atoms with Crippen molar-refractivity contribution in [3.8, 4) is 5.75 Å². The van der Waals surface area contributed by atoms with Gasteiger partial charge in [0.05, 0.1) is 22.9 Å². The van der Waals surface area contributed by atoms with E-state index in [2.05, 4.69) is 10.3 Å². The van der Waals surface area contributed by atoms with Crippen molar-refractivity contribution in [1.29, 1.82) is 0 Å². The highest BCUT2D eigenvalue weighted by molar-refractivity contribution is 5.73. The van der Waals surface area contributed by atoms with Crippen LogP contribution in [0, 0.1) is 16.0 Å². The molecule has 0 saturated heterocycles. The molecule has 2 aromatic rings. The molecular formula is C17H22N4O5. The standard InChI is InChI=1S/C17H22N4O5/c1-11(2)8-15(17(22)23)19-12(3)16-9-18-10-20(16)26-14-6-4-13(5-7-14)21(24)25/h4-7,9-12,15,19H,8H2,1-3H3,(H,22,23). The van der Waals surface area contributed by atoms with Crippen LogP contribution in [0.1, 0.15) is 38.9 Å².